The highest BCUT2D eigenvalue weighted by atomic mass is 16.5. The lowest BCUT2D eigenvalue weighted by atomic mass is 10.0. The Morgan fingerprint density at radius 1 is 1.45 bits per heavy atom. The van der Waals surface area contributed by atoms with Gasteiger partial charge in [-0.1, -0.05) is 6.07 Å². The van der Waals surface area contributed by atoms with E-state index >= 15 is 0 Å². The Labute approximate surface area is 120 Å². The van der Waals surface area contributed by atoms with Crippen molar-refractivity contribution in [3.8, 4) is 0 Å². The zero-order chi connectivity index (χ0) is 14.4. The number of hydrogen-bond donors (Lipinski definition) is 2. The van der Waals surface area contributed by atoms with Gasteiger partial charge in [0.15, 0.2) is 0 Å². The van der Waals surface area contributed by atoms with Crippen LogP contribution in [0.25, 0.3) is 0 Å². The highest BCUT2D eigenvalue weighted by Gasteiger charge is 2.20. The van der Waals surface area contributed by atoms with Crippen LogP contribution in [-0.4, -0.2) is 25.7 Å². The lowest BCUT2D eigenvalue weighted by Gasteiger charge is -2.09. The molecule has 1 aliphatic carbocycles. The van der Waals surface area contributed by atoms with Crippen LogP contribution in [0.2, 0.25) is 0 Å². The average Bonchev–Trinajstić information content (AvgIpc) is 3.23. The van der Waals surface area contributed by atoms with Crippen molar-refractivity contribution in [3.63, 3.8) is 0 Å². The molecule has 20 heavy (non-hydrogen) atoms. The Balaban J connectivity index is 1.61. The van der Waals surface area contributed by atoms with E-state index in [0.717, 1.165) is 44.2 Å². The highest BCUT2D eigenvalue weighted by Crippen LogP contribution is 2.28. The van der Waals surface area contributed by atoms with Gasteiger partial charge in [0, 0.05) is 25.3 Å². The van der Waals surface area contributed by atoms with E-state index < -0.39 is 0 Å². The van der Waals surface area contributed by atoms with Crippen molar-refractivity contribution >= 4 is 5.91 Å². The van der Waals surface area contributed by atoms with E-state index in [1.165, 1.54) is 18.4 Å². The van der Waals surface area contributed by atoms with E-state index in [9.17, 15) is 4.79 Å². The van der Waals surface area contributed by atoms with E-state index in [0.29, 0.717) is 5.56 Å². The van der Waals surface area contributed by atoms with Gasteiger partial charge in [-0.15, -0.1) is 0 Å². The number of carbonyl (C=O) groups is 1. The Kier molecular flexibility index (Phi) is 5.56. The molecule has 0 heterocycles. The van der Waals surface area contributed by atoms with Gasteiger partial charge in [0.25, 0.3) is 0 Å². The lowest BCUT2D eigenvalue weighted by molar-refractivity contribution is 0.1000. The molecule has 4 heteroatoms. The van der Waals surface area contributed by atoms with Gasteiger partial charge < -0.3 is 15.8 Å². The monoisotopic (exact) mass is 276 g/mol. The topological polar surface area (TPSA) is 64.4 Å². The van der Waals surface area contributed by atoms with Gasteiger partial charge in [0.2, 0.25) is 5.91 Å². The molecule has 0 spiro atoms. The second-order valence-electron chi connectivity index (χ2n) is 5.55. The minimum atomic E-state index is -0.375. The maximum atomic E-state index is 11.1. The van der Waals surface area contributed by atoms with Gasteiger partial charge in [-0.25, -0.2) is 0 Å². The lowest BCUT2D eigenvalue weighted by Crippen LogP contribution is -2.18. The molecule has 3 N–H and O–H groups in total. The summed E-state index contributed by atoms with van der Waals surface area (Å²) in [6, 6.07) is 5.59. The fraction of sp³-hybridized carbons (Fsp3) is 0.562. The SMILES string of the molecule is Cc1cc(C(N)=O)ccc1CNCCCOCC1CC1. The van der Waals surface area contributed by atoms with E-state index in [4.69, 9.17) is 10.5 Å². The summed E-state index contributed by atoms with van der Waals surface area (Å²) >= 11 is 0. The predicted octanol–water partition coefficient (Wildman–Crippen LogP) is 2.00. The molecule has 0 aliphatic heterocycles. The minimum absolute atomic E-state index is 0.375. The summed E-state index contributed by atoms with van der Waals surface area (Å²) in [5.41, 5.74) is 8.13. The standard InChI is InChI=1S/C16H24N2O2/c1-12-9-14(16(17)19)5-6-15(12)10-18-7-2-8-20-11-13-3-4-13/h5-6,9,13,18H,2-4,7-8,10-11H2,1H3,(H2,17,19). The third-order valence-electron chi connectivity index (χ3n) is 3.64. The number of benzene rings is 1. The molecule has 2 rings (SSSR count). The number of primary amides is 1. The maximum absolute atomic E-state index is 11.1. The van der Waals surface area contributed by atoms with Gasteiger partial charge >= 0.3 is 0 Å². The first kappa shape index (κ1) is 15.0. The summed E-state index contributed by atoms with van der Waals surface area (Å²) in [4.78, 5) is 11.1. The smallest absolute Gasteiger partial charge is 0.248 e. The Morgan fingerprint density at radius 2 is 2.25 bits per heavy atom. The molecule has 0 saturated heterocycles. The van der Waals surface area contributed by atoms with Crippen molar-refractivity contribution in [1.82, 2.24) is 5.32 Å². The predicted molar refractivity (Wildman–Crippen MR) is 79.6 cm³/mol. The molecule has 1 fully saturated rings. The van der Waals surface area contributed by atoms with Crippen LogP contribution in [0.3, 0.4) is 0 Å². The van der Waals surface area contributed by atoms with Crippen molar-refractivity contribution in [3.05, 3.63) is 34.9 Å². The number of hydrogen-bond acceptors (Lipinski definition) is 3. The second-order valence-corrected chi connectivity index (χ2v) is 5.55. The zero-order valence-corrected chi connectivity index (χ0v) is 12.2. The van der Waals surface area contributed by atoms with Crippen molar-refractivity contribution in [2.24, 2.45) is 11.7 Å². The van der Waals surface area contributed by atoms with Crippen LogP contribution in [0.5, 0.6) is 0 Å². The van der Waals surface area contributed by atoms with Crippen LogP contribution in [-0.2, 0) is 11.3 Å². The Hall–Kier alpha value is -1.39. The van der Waals surface area contributed by atoms with Gasteiger partial charge in [-0.2, -0.15) is 0 Å². The fourth-order valence-electron chi connectivity index (χ4n) is 2.10. The van der Waals surface area contributed by atoms with E-state index in [1.54, 1.807) is 6.07 Å². The molecule has 1 aliphatic rings. The summed E-state index contributed by atoms with van der Waals surface area (Å²) in [5, 5.41) is 3.40. The number of ether oxygens (including phenoxy) is 1. The Bertz CT molecular complexity index is 456. The molecule has 110 valence electrons. The molecule has 0 atom stereocenters. The molecular weight excluding hydrogens is 252 g/mol. The van der Waals surface area contributed by atoms with Crippen LogP contribution >= 0.6 is 0 Å². The number of amides is 1. The molecule has 1 amide bonds. The third kappa shape index (κ3) is 4.94. The molecule has 1 aromatic carbocycles. The average molecular weight is 276 g/mol. The fourth-order valence-corrected chi connectivity index (χ4v) is 2.10. The van der Waals surface area contributed by atoms with Crippen LogP contribution in [0.1, 0.15) is 40.7 Å². The van der Waals surface area contributed by atoms with Crippen LogP contribution in [0, 0.1) is 12.8 Å². The first-order valence-electron chi connectivity index (χ1n) is 7.34. The number of rotatable bonds is 9. The van der Waals surface area contributed by atoms with Crippen molar-refractivity contribution in [2.75, 3.05) is 19.8 Å². The molecule has 0 unspecified atom stereocenters. The summed E-state index contributed by atoms with van der Waals surface area (Å²) in [6.45, 7) is 5.54. The van der Waals surface area contributed by atoms with Gasteiger partial charge in [0.1, 0.15) is 0 Å². The van der Waals surface area contributed by atoms with Gasteiger partial charge in [-0.05, 0) is 61.9 Å². The van der Waals surface area contributed by atoms with Gasteiger partial charge in [-0.3, -0.25) is 4.79 Å². The maximum Gasteiger partial charge on any atom is 0.248 e. The summed E-state index contributed by atoms with van der Waals surface area (Å²) in [6.07, 6.45) is 3.72. The molecule has 4 nitrogen and oxygen atoms in total. The van der Waals surface area contributed by atoms with Crippen LogP contribution < -0.4 is 11.1 Å². The van der Waals surface area contributed by atoms with Gasteiger partial charge in [0.05, 0.1) is 0 Å². The summed E-state index contributed by atoms with van der Waals surface area (Å²) < 4.78 is 5.58. The minimum Gasteiger partial charge on any atom is -0.381 e. The quantitative estimate of drug-likeness (QED) is 0.678. The number of aryl methyl sites for hydroxylation is 1. The number of nitrogens with one attached hydrogen (secondary N) is 1. The number of nitrogens with two attached hydrogens (primary N) is 1. The van der Waals surface area contributed by atoms with Crippen molar-refractivity contribution in [1.29, 1.82) is 0 Å². The summed E-state index contributed by atoms with van der Waals surface area (Å²) in [5.74, 6) is 0.467. The normalized spacial score (nSPS) is 14.4. The molecule has 1 saturated carbocycles. The highest BCUT2D eigenvalue weighted by molar-refractivity contribution is 5.93. The second kappa shape index (κ2) is 7.41. The third-order valence-corrected chi connectivity index (χ3v) is 3.64. The largest absolute Gasteiger partial charge is 0.381 e. The van der Waals surface area contributed by atoms with E-state index in [-0.39, 0.29) is 5.91 Å². The molecular formula is C16H24N2O2. The molecule has 0 radical (unpaired) electrons. The zero-order valence-electron chi connectivity index (χ0n) is 12.2. The molecule has 1 aromatic rings. The molecule has 0 bridgehead atoms. The first-order chi connectivity index (χ1) is 9.66. The summed E-state index contributed by atoms with van der Waals surface area (Å²) in [7, 11) is 0. The number of carbonyl (C=O) groups excluding carboxylic acids is 1. The Morgan fingerprint density at radius 3 is 2.90 bits per heavy atom. The molecule has 0 aromatic heterocycles. The first-order valence-corrected chi connectivity index (χ1v) is 7.34. The van der Waals surface area contributed by atoms with Crippen molar-refractivity contribution in [2.45, 2.75) is 32.7 Å². The van der Waals surface area contributed by atoms with Crippen LogP contribution in [0.4, 0.5) is 0 Å². The van der Waals surface area contributed by atoms with E-state index in [2.05, 4.69) is 5.32 Å². The van der Waals surface area contributed by atoms with Crippen LogP contribution in [0.15, 0.2) is 18.2 Å². The van der Waals surface area contributed by atoms with E-state index in [1.807, 2.05) is 19.1 Å². The van der Waals surface area contributed by atoms with Crippen molar-refractivity contribution < 1.29 is 9.53 Å².